The molecule has 0 aliphatic carbocycles. The lowest BCUT2D eigenvalue weighted by molar-refractivity contribution is 0.0987. The van der Waals surface area contributed by atoms with E-state index in [1.54, 1.807) is 6.92 Å². The molecular weight excluding hydrogens is 428 g/mol. The molecule has 0 aliphatic heterocycles. The predicted octanol–water partition coefficient (Wildman–Crippen LogP) is 1.86. The first kappa shape index (κ1) is 23.5. The number of nitrogens with one attached hydrogen (secondary N) is 1. The molecule has 0 radical (unpaired) electrons. The predicted molar refractivity (Wildman–Crippen MR) is 125 cm³/mol. The molecule has 0 aliphatic rings. The van der Waals surface area contributed by atoms with E-state index in [0.29, 0.717) is 5.75 Å². The zero-order valence-electron chi connectivity index (χ0n) is 18.9. The number of carbonyl (C=O) groups is 1. The Morgan fingerprint density at radius 1 is 1.03 bits per heavy atom. The highest BCUT2D eigenvalue weighted by molar-refractivity contribution is 6.07. The van der Waals surface area contributed by atoms with Crippen molar-refractivity contribution in [3.63, 3.8) is 0 Å². The van der Waals surface area contributed by atoms with Crippen molar-refractivity contribution in [1.29, 1.82) is 0 Å². The highest BCUT2D eigenvalue weighted by Crippen LogP contribution is 2.38. The number of methoxy groups -OCH3 is 3. The molecule has 33 heavy (non-hydrogen) atoms. The van der Waals surface area contributed by atoms with Gasteiger partial charge in [-0.3, -0.25) is 19.1 Å². The Labute approximate surface area is 190 Å². The van der Waals surface area contributed by atoms with Crippen molar-refractivity contribution < 1.29 is 19.0 Å². The highest BCUT2D eigenvalue weighted by Gasteiger charge is 2.26. The fourth-order valence-corrected chi connectivity index (χ4v) is 3.52. The van der Waals surface area contributed by atoms with Crippen molar-refractivity contribution in [2.24, 2.45) is 0 Å². The van der Waals surface area contributed by atoms with Crippen LogP contribution in [0.2, 0.25) is 0 Å². The number of carbonyl (C=O) groups excluding carboxylic acids is 1. The number of amides is 1. The average molecular weight is 454 g/mol. The van der Waals surface area contributed by atoms with Gasteiger partial charge < -0.3 is 24.8 Å². The summed E-state index contributed by atoms with van der Waals surface area (Å²) in [6.45, 7) is 1.94. The van der Waals surface area contributed by atoms with Gasteiger partial charge in [-0.2, -0.15) is 0 Å². The van der Waals surface area contributed by atoms with E-state index in [9.17, 15) is 14.4 Å². The number of aromatic nitrogens is 2. The fraction of sp³-hybridized carbons (Fsp3) is 0.261. The van der Waals surface area contributed by atoms with Crippen molar-refractivity contribution in [3.8, 4) is 17.2 Å². The average Bonchev–Trinajstić information content (AvgIpc) is 2.83. The highest BCUT2D eigenvalue weighted by atomic mass is 16.5. The van der Waals surface area contributed by atoms with Gasteiger partial charge in [0.25, 0.3) is 11.5 Å². The first-order valence-corrected chi connectivity index (χ1v) is 10.1. The molecule has 1 aromatic heterocycles. The molecule has 0 fully saturated rings. The van der Waals surface area contributed by atoms with Crippen LogP contribution in [0.3, 0.4) is 0 Å². The number of benzene rings is 2. The summed E-state index contributed by atoms with van der Waals surface area (Å²) in [6, 6.07) is 12.1. The summed E-state index contributed by atoms with van der Waals surface area (Å²) >= 11 is 0. The maximum absolute atomic E-state index is 13.4. The van der Waals surface area contributed by atoms with Crippen LogP contribution in [0.4, 0.5) is 11.5 Å². The second-order valence-corrected chi connectivity index (χ2v) is 7.03. The van der Waals surface area contributed by atoms with E-state index in [4.69, 9.17) is 19.9 Å². The Balaban J connectivity index is 2.12. The quantitative estimate of drug-likeness (QED) is 0.531. The molecule has 0 spiro atoms. The molecule has 3 N–H and O–H groups in total. The summed E-state index contributed by atoms with van der Waals surface area (Å²) in [5.74, 6) is 0.252. The van der Waals surface area contributed by atoms with E-state index in [0.717, 1.165) is 5.56 Å². The van der Waals surface area contributed by atoms with Crippen LogP contribution in [0.15, 0.2) is 52.1 Å². The molecule has 0 atom stereocenters. The van der Waals surface area contributed by atoms with Crippen LogP contribution in [0.5, 0.6) is 17.2 Å². The van der Waals surface area contributed by atoms with E-state index in [1.165, 1.54) is 42.9 Å². The Bertz CT molecular complexity index is 1240. The third-order valence-corrected chi connectivity index (χ3v) is 5.14. The number of nitrogens with two attached hydrogens (primary N) is 1. The zero-order valence-corrected chi connectivity index (χ0v) is 18.9. The van der Waals surface area contributed by atoms with E-state index >= 15 is 0 Å². The van der Waals surface area contributed by atoms with Gasteiger partial charge in [-0.1, -0.05) is 30.3 Å². The molecule has 174 valence electrons. The lowest BCUT2D eigenvalue weighted by Crippen LogP contribution is -2.41. The van der Waals surface area contributed by atoms with Gasteiger partial charge in [0.2, 0.25) is 5.75 Å². The maximum Gasteiger partial charge on any atom is 0.330 e. The number of nitrogen functional groups attached to an aromatic ring is 1. The standard InChI is InChI=1S/C23H26N4O6/c1-5-26(22(29)15-11-16(31-2)19(33-4)17(12-15)32-3)18-20(24)27(23(30)25-21(18)28)13-14-9-7-6-8-10-14/h6-12H,5,13,24H2,1-4H3,(H,25,28,30). The Morgan fingerprint density at radius 3 is 2.15 bits per heavy atom. The lowest BCUT2D eigenvalue weighted by atomic mass is 10.1. The smallest absolute Gasteiger partial charge is 0.330 e. The molecule has 0 saturated heterocycles. The minimum Gasteiger partial charge on any atom is -0.493 e. The molecule has 10 heteroatoms. The number of aromatic amines is 1. The van der Waals surface area contributed by atoms with Gasteiger partial charge in [-0.05, 0) is 24.6 Å². The molecule has 0 bridgehead atoms. The Hall–Kier alpha value is -4.21. The molecule has 3 rings (SSSR count). The number of hydrogen-bond donors (Lipinski definition) is 2. The molecule has 0 saturated carbocycles. The van der Waals surface area contributed by atoms with Gasteiger partial charge in [0.15, 0.2) is 17.2 Å². The number of ether oxygens (including phenoxy) is 3. The Morgan fingerprint density at radius 2 is 1.64 bits per heavy atom. The van der Waals surface area contributed by atoms with Gasteiger partial charge in [0.05, 0.1) is 27.9 Å². The number of hydrogen-bond acceptors (Lipinski definition) is 7. The number of nitrogens with zero attached hydrogens (tertiary/aromatic N) is 2. The van der Waals surface area contributed by atoms with E-state index < -0.39 is 17.2 Å². The van der Waals surface area contributed by atoms with Gasteiger partial charge in [-0.25, -0.2) is 4.79 Å². The second kappa shape index (κ2) is 9.94. The second-order valence-electron chi connectivity index (χ2n) is 7.03. The topological polar surface area (TPSA) is 129 Å². The third kappa shape index (κ3) is 4.54. The molecular formula is C23H26N4O6. The third-order valence-electron chi connectivity index (χ3n) is 5.14. The first-order chi connectivity index (χ1) is 15.9. The number of anilines is 2. The monoisotopic (exact) mass is 454 g/mol. The van der Waals surface area contributed by atoms with Crippen molar-refractivity contribution in [1.82, 2.24) is 9.55 Å². The number of H-pyrrole nitrogens is 1. The Kier molecular flexibility index (Phi) is 7.07. The van der Waals surface area contributed by atoms with Gasteiger partial charge in [-0.15, -0.1) is 0 Å². The molecule has 10 nitrogen and oxygen atoms in total. The van der Waals surface area contributed by atoms with Crippen molar-refractivity contribution in [2.75, 3.05) is 38.5 Å². The van der Waals surface area contributed by atoms with E-state index in [-0.39, 0.29) is 41.7 Å². The van der Waals surface area contributed by atoms with Crippen molar-refractivity contribution in [2.45, 2.75) is 13.5 Å². The largest absolute Gasteiger partial charge is 0.493 e. The van der Waals surface area contributed by atoms with Crippen LogP contribution < -0.4 is 36.1 Å². The van der Waals surface area contributed by atoms with Gasteiger partial charge in [0.1, 0.15) is 5.82 Å². The summed E-state index contributed by atoms with van der Waals surface area (Å²) in [6.07, 6.45) is 0. The van der Waals surface area contributed by atoms with E-state index in [2.05, 4.69) is 4.98 Å². The fourth-order valence-electron chi connectivity index (χ4n) is 3.52. The van der Waals surface area contributed by atoms with Gasteiger partial charge >= 0.3 is 5.69 Å². The summed E-state index contributed by atoms with van der Waals surface area (Å²) in [7, 11) is 4.33. The molecule has 0 unspecified atom stereocenters. The molecule has 1 heterocycles. The lowest BCUT2D eigenvalue weighted by Gasteiger charge is -2.24. The van der Waals surface area contributed by atoms with Gasteiger partial charge in [0, 0.05) is 12.1 Å². The van der Waals surface area contributed by atoms with E-state index in [1.807, 2.05) is 30.3 Å². The molecule has 3 aromatic rings. The maximum atomic E-state index is 13.4. The molecule has 1 amide bonds. The number of rotatable bonds is 8. The van der Waals surface area contributed by atoms with Crippen molar-refractivity contribution in [3.05, 3.63) is 74.4 Å². The summed E-state index contributed by atoms with van der Waals surface area (Å²) in [4.78, 5) is 42.1. The normalized spacial score (nSPS) is 10.5. The summed E-state index contributed by atoms with van der Waals surface area (Å²) in [5, 5.41) is 0. The minimum absolute atomic E-state index is 0.116. The van der Waals surface area contributed by atoms with Crippen LogP contribution >= 0.6 is 0 Å². The SMILES string of the molecule is CCN(C(=O)c1cc(OC)c(OC)c(OC)c1)c1c(N)n(Cc2ccccc2)c(=O)[nH]c1=O. The van der Waals surface area contributed by atoms with Crippen LogP contribution in [0.25, 0.3) is 0 Å². The molecule has 2 aromatic carbocycles. The summed E-state index contributed by atoms with van der Waals surface area (Å²) in [5.41, 5.74) is 5.71. The van der Waals surface area contributed by atoms with Crippen LogP contribution in [-0.4, -0.2) is 43.3 Å². The van der Waals surface area contributed by atoms with Crippen LogP contribution in [0, 0.1) is 0 Å². The van der Waals surface area contributed by atoms with Crippen LogP contribution in [-0.2, 0) is 6.54 Å². The zero-order chi connectivity index (χ0) is 24.1. The minimum atomic E-state index is -0.760. The van der Waals surface area contributed by atoms with Crippen LogP contribution in [0.1, 0.15) is 22.8 Å². The first-order valence-electron chi connectivity index (χ1n) is 10.1. The van der Waals surface area contributed by atoms with Crippen molar-refractivity contribution >= 4 is 17.4 Å². The summed E-state index contributed by atoms with van der Waals surface area (Å²) < 4.78 is 17.2.